The fourth-order valence-electron chi connectivity index (χ4n) is 7.89. The van der Waals surface area contributed by atoms with Crippen molar-refractivity contribution in [1.82, 2.24) is 19.7 Å². The fourth-order valence-corrected chi connectivity index (χ4v) is 7.89. The minimum Gasteiger partial charge on any atom is -0.437 e. The van der Waals surface area contributed by atoms with Gasteiger partial charge in [0.05, 0.1) is 19.4 Å². The molecule has 1 amide bonds. The van der Waals surface area contributed by atoms with Crippen molar-refractivity contribution in [3.8, 4) is 22.8 Å². The lowest BCUT2D eigenvalue weighted by atomic mass is 9.88. The monoisotopic (exact) mass is 644 g/mol. The smallest absolute Gasteiger partial charge is 0.254 e. The van der Waals surface area contributed by atoms with E-state index >= 15 is 0 Å². The second-order valence-corrected chi connectivity index (χ2v) is 13.7. The number of carbonyl (C=O) groups excluding carboxylic acids is 1. The van der Waals surface area contributed by atoms with E-state index in [1.54, 1.807) is 0 Å². The molecule has 2 aliphatic heterocycles. The minimum absolute atomic E-state index is 0.00343. The van der Waals surface area contributed by atoms with Crippen LogP contribution in [-0.2, 0) is 17.8 Å². The molecule has 10 heteroatoms. The molecule has 1 saturated carbocycles. The van der Waals surface area contributed by atoms with Gasteiger partial charge in [-0.3, -0.25) is 19.5 Å². The van der Waals surface area contributed by atoms with Crippen molar-refractivity contribution in [1.29, 1.82) is 0 Å². The van der Waals surface area contributed by atoms with Gasteiger partial charge in [-0.25, -0.2) is 9.37 Å². The summed E-state index contributed by atoms with van der Waals surface area (Å²) < 4.78 is 26.7. The summed E-state index contributed by atoms with van der Waals surface area (Å²) in [6.07, 6.45) is 5.56. The van der Waals surface area contributed by atoms with E-state index in [0.717, 1.165) is 79.8 Å². The third-order valence-electron chi connectivity index (χ3n) is 10.2. The van der Waals surface area contributed by atoms with Gasteiger partial charge in [0.15, 0.2) is 0 Å². The van der Waals surface area contributed by atoms with Gasteiger partial charge in [0, 0.05) is 74.1 Å². The van der Waals surface area contributed by atoms with Gasteiger partial charge in [0.25, 0.3) is 5.91 Å². The number of pyridine rings is 1. The highest BCUT2D eigenvalue weighted by molar-refractivity contribution is 5.95. The molecule has 252 valence electrons. The lowest BCUT2D eigenvalue weighted by molar-refractivity contribution is -0.00955. The molecular weight excluding hydrogens is 595 g/mol. The number of nitrogens with two attached hydrogens (primary N) is 2. The zero-order valence-electron chi connectivity index (χ0n) is 27.9. The predicted molar refractivity (Wildman–Crippen MR) is 182 cm³/mol. The molecule has 3 fully saturated rings. The number of aromatic nitrogens is 1. The van der Waals surface area contributed by atoms with E-state index in [4.69, 9.17) is 20.9 Å². The first-order valence-corrected chi connectivity index (χ1v) is 17.1. The van der Waals surface area contributed by atoms with Crippen LogP contribution in [0, 0.1) is 5.82 Å². The average Bonchev–Trinajstić information content (AvgIpc) is 3.05. The molecule has 0 unspecified atom stereocenters. The first kappa shape index (κ1) is 33.5. The van der Waals surface area contributed by atoms with E-state index in [-0.39, 0.29) is 17.5 Å². The largest absolute Gasteiger partial charge is 0.437 e. The Kier molecular flexibility index (Phi) is 10.5. The molecule has 2 aromatic carbocycles. The third-order valence-corrected chi connectivity index (χ3v) is 10.2. The number of hydrogen-bond donors (Lipinski definition) is 2. The van der Waals surface area contributed by atoms with Crippen LogP contribution in [0.15, 0.2) is 54.7 Å². The molecule has 3 atom stereocenters. The molecule has 3 heterocycles. The van der Waals surface area contributed by atoms with Crippen molar-refractivity contribution >= 4 is 5.91 Å². The number of benzene rings is 2. The fraction of sp³-hybridized carbons (Fsp3) is 0.514. The number of piperazine rings is 1. The van der Waals surface area contributed by atoms with Crippen LogP contribution in [-0.4, -0.2) is 88.6 Å². The number of carbonyl (C=O) groups is 1. The highest BCUT2D eigenvalue weighted by atomic mass is 19.1. The van der Waals surface area contributed by atoms with Crippen LogP contribution < -0.4 is 16.2 Å². The molecule has 2 saturated heterocycles. The molecule has 0 bridgehead atoms. The maximum atomic E-state index is 14.2. The molecular formula is C37H49FN6O3. The number of ether oxygens (including phenoxy) is 2. The van der Waals surface area contributed by atoms with Crippen molar-refractivity contribution in [2.75, 3.05) is 32.8 Å². The van der Waals surface area contributed by atoms with Crippen molar-refractivity contribution in [2.45, 2.75) is 89.8 Å². The number of hydrogen-bond acceptors (Lipinski definition) is 8. The molecule has 9 nitrogen and oxygen atoms in total. The highest BCUT2D eigenvalue weighted by Crippen LogP contribution is 2.40. The zero-order valence-corrected chi connectivity index (χ0v) is 27.9. The number of nitrogens with zero attached hydrogens (tertiary/aromatic N) is 4. The summed E-state index contributed by atoms with van der Waals surface area (Å²) in [4.78, 5) is 24.3. The van der Waals surface area contributed by atoms with Gasteiger partial charge in [-0.1, -0.05) is 42.5 Å². The quantitative estimate of drug-likeness (QED) is 0.329. The third kappa shape index (κ3) is 7.68. The molecule has 47 heavy (non-hydrogen) atoms. The number of morpholine rings is 1. The molecule has 3 aromatic rings. The summed E-state index contributed by atoms with van der Waals surface area (Å²) >= 11 is 0. The van der Waals surface area contributed by atoms with Crippen molar-refractivity contribution in [3.63, 3.8) is 0 Å². The van der Waals surface area contributed by atoms with Crippen molar-refractivity contribution < 1.29 is 18.7 Å². The minimum atomic E-state index is -0.793. The van der Waals surface area contributed by atoms with Gasteiger partial charge in [-0.05, 0) is 63.6 Å². The molecule has 6 rings (SSSR count). The highest BCUT2D eigenvalue weighted by Gasteiger charge is 2.36. The Morgan fingerprint density at radius 1 is 1.00 bits per heavy atom. The molecule has 0 spiro atoms. The number of primary amides is 1. The van der Waals surface area contributed by atoms with Crippen LogP contribution in [0.4, 0.5) is 4.39 Å². The SMILES string of the molecule is C[C@@H]1CN(Cc2ccc(-c3ccccc3)c(CN3CCOC[C@@H]3C)c2Oc2ncc(F)cc2C(N)=O)C[C@H](C)N1C1CCC(N)CC1. The van der Waals surface area contributed by atoms with Gasteiger partial charge < -0.3 is 20.9 Å². The second-order valence-electron chi connectivity index (χ2n) is 13.7. The van der Waals surface area contributed by atoms with E-state index in [2.05, 4.69) is 64.7 Å². The molecule has 1 aliphatic carbocycles. The number of rotatable bonds is 9. The Bertz CT molecular complexity index is 1520. The first-order chi connectivity index (χ1) is 22.7. The van der Waals surface area contributed by atoms with Gasteiger partial charge in [-0.15, -0.1) is 0 Å². The normalized spacial score (nSPS) is 26.3. The van der Waals surface area contributed by atoms with Gasteiger partial charge in [0.2, 0.25) is 5.88 Å². The van der Waals surface area contributed by atoms with Gasteiger partial charge in [-0.2, -0.15) is 0 Å². The van der Waals surface area contributed by atoms with Crippen LogP contribution in [0.25, 0.3) is 11.1 Å². The summed E-state index contributed by atoms with van der Waals surface area (Å²) in [6.45, 7) is 12.0. The summed E-state index contributed by atoms with van der Waals surface area (Å²) in [5.41, 5.74) is 15.9. The summed E-state index contributed by atoms with van der Waals surface area (Å²) in [5.74, 6) is -0.800. The summed E-state index contributed by atoms with van der Waals surface area (Å²) in [5, 5.41) is 0. The molecule has 1 aromatic heterocycles. The van der Waals surface area contributed by atoms with E-state index in [1.165, 1.54) is 0 Å². The van der Waals surface area contributed by atoms with Crippen LogP contribution in [0.2, 0.25) is 0 Å². The van der Waals surface area contributed by atoms with Gasteiger partial charge in [0.1, 0.15) is 17.1 Å². The Balaban J connectivity index is 1.39. The Labute approximate surface area is 278 Å². The van der Waals surface area contributed by atoms with E-state index in [0.29, 0.717) is 56.2 Å². The Hall–Kier alpha value is -3.41. The van der Waals surface area contributed by atoms with Crippen molar-refractivity contribution in [2.24, 2.45) is 11.5 Å². The standard InChI is InChI=1S/C37H49FN6O3/c1-24-19-42(20-25(2)44(24)31-12-10-30(39)11-13-31)21-28-9-14-32(27-7-5-4-6-8-27)34(22-43-15-16-46-23-26(43)3)35(28)47-37-33(36(40)45)17-29(38)18-41-37/h4-9,14,17-18,24-26,30-31H,10-13,15-16,19-23,39H2,1-3H3,(H2,40,45)/t24-,25+,26-,30?,31?/m0/s1. The average molecular weight is 645 g/mol. The summed E-state index contributed by atoms with van der Waals surface area (Å²) in [7, 11) is 0. The van der Waals surface area contributed by atoms with E-state index in [9.17, 15) is 9.18 Å². The molecule has 3 aliphatic rings. The Morgan fingerprint density at radius 3 is 2.40 bits per heavy atom. The topological polar surface area (TPSA) is 110 Å². The maximum absolute atomic E-state index is 14.2. The predicted octanol–water partition coefficient (Wildman–Crippen LogP) is 5.16. The van der Waals surface area contributed by atoms with E-state index < -0.39 is 11.7 Å². The zero-order chi connectivity index (χ0) is 33.1. The number of amides is 1. The van der Waals surface area contributed by atoms with Crippen LogP contribution in [0.1, 0.15) is 67.9 Å². The van der Waals surface area contributed by atoms with Crippen molar-refractivity contribution in [3.05, 3.63) is 77.2 Å². The lowest BCUT2D eigenvalue weighted by Gasteiger charge is -2.49. The lowest BCUT2D eigenvalue weighted by Crippen LogP contribution is -2.60. The number of halogens is 1. The van der Waals surface area contributed by atoms with Crippen LogP contribution >= 0.6 is 0 Å². The van der Waals surface area contributed by atoms with Crippen LogP contribution in [0.5, 0.6) is 11.6 Å². The molecule has 0 radical (unpaired) electrons. The van der Waals surface area contributed by atoms with Gasteiger partial charge >= 0.3 is 0 Å². The Morgan fingerprint density at radius 2 is 1.72 bits per heavy atom. The summed E-state index contributed by atoms with van der Waals surface area (Å²) in [6, 6.07) is 17.5. The molecule has 4 N–H and O–H groups in total. The maximum Gasteiger partial charge on any atom is 0.254 e. The first-order valence-electron chi connectivity index (χ1n) is 17.1. The van der Waals surface area contributed by atoms with Crippen LogP contribution in [0.3, 0.4) is 0 Å². The second kappa shape index (κ2) is 14.8. The van der Waals surface area contributed by atoms with E-state index in [1.807, 2.05) is 18.2 Å².